The van der Waals surface area contributed by atoms with Crippen molar-refractivity contribution >= 4 is 33.6 Å². The van der Waals surface area contributed by atoms with Crippen LogP contribution in [0.1, 0.15) is 30.5 Å². The van der Waals surface area contributed by atoms with Gasteiger partial charge in [-0.05, 0) is 50.5 Å². The monoisotopic (exact) mass is 430 g/mol. The Kier molecular flexibility index (Phi) is 5.42. The highest BCUT2D eigenvalue weighted by Gasteiger charge is 2.22. The Labute approximate surface area is 185 Å². The molecule has 1 saturated heterocycles. The van der Waals surface area contributed by atoms with Gasteiger partial charge in [0.2, 0.25) is 4.80 Å². The average Bonchev–Trinajstić information content (AvgIpc) is 3.32. The lowest BCUT2D eigenvalue weighted by Gasteiger charge is -2.29. The molecule has 0 saturated carbocycles. The summed E-state index contributed by atoms with van der Waals surface area (Å²) in [6, 6.07) is 18.7. The Balaban J connectivity index is 1.58. The number of nitrogens with zero attached hydrogens (tertiary/aromatic N) is 6. The third kappa shape index (κ3) is 3.81. The molecule has 2 aromatic heterocycles. The molecule has 0 aliphatic carbocycles. The Hall–Kier alpha value is -3.19. The summed E-state index contributed by atoms with van der Waals surface area (Å²) < 4.78 is 5.35. The molecule has 0 unspecified atom stereocenters. The molecule has 0 spiro atoms. The third-order valence-corrected chi connectivity index (χ3v) is 6.89. The number of rotatable bonds is 4. The van der Waals surface area contributed by atoms with E-state index in [1.165, 1.54) is 29.5 Å². The van der Waals surface area contributed by atoms with E-state index >= 15 is 0 Å². The summed E-state index contributed by atoms with van der Waals surface area (Å²) in [5.74, 6) is 1.11. The first-order valence-corrected chi connectivity index (χ1v) is 11.6. The molecule has 2 aromatic carbocycles. The van der Waals surface area contributed by atoms with Gasteiger partial charge in [-0.15, -0.1) is 5.10 Å². The van der Waals surface area contributed by atoms with Gasteiger partial charge < -0.3 is 9.47 Å². The number of hydrogen-bond acceptors (Lipinski definition) is 5. The molecule has 0 atom stereocenters. The summed E-state index contributed by atoms with van der Waals surface area (Å²) in [7, 11) is 2.03. The molecule has 1 fully saturated rings. The maximum Gasteiger partial charge on any atom is 0.211 e. The fraction of sp³-hybridized carbons (Fsp3) is 0.292. The van der Waals surface area contributed by atoms with Crippen LogP contribution in [0, 0.1) is 6.92 Å². The first-order valence-electron chi connectivity index (χ1n) is 10.7. The van der Waals surface area contributed by atoms with Gasteiger partial charge in [0.15, 0.2) is 0 Å². The van der Waals surface area contributed by atoms with Crippen molar-refractivity contribution in [2.24, 2.45) is 17.3 Å². The summed E-state index contributed by atoms with van der Waals surface area (Å²) in [6.07, 6.45) is 5.57. The van der Waals surface area contributed by atoms with Gasteiger partial charge in [-0.25, -0.2) is 4.68 Å². The third-order valence-electron chi connectivity index (χ3n) is 5.78. The zero-order valence-corrected chi connectivity index (χ0v) is 18.7. The highest BCUT2D eigenvalue weighted by Crippen LogP contribution is 2.28. The van der Waals surface area contributed by atoms with E-state index in [4.69, 9.17) is 5.10 Å². The predicted molar refractivity (Wildman–Crippen MR) is 128 cm³/mol. The molecule has 1 aliphatic heterocycles. The van der Waals surface area contributed by atoms with Gasteiger partial charge in [-0.1, -0.05) is 41.7 Å². The zero-order chi connectivity index (χ0) is 21.2. The minimum Gasteiger partial charge on any atom is -0.356 e. The lowest BCUT2D eigenvalue weighted by Crippen LogP contribution is -2.32. The molecule has 0 N–H and O–H groups in total. The molecule has 0 bridgehead atoms. The Morgan fingerprint density at radius 2 is 1.71 bits per heavy atom. The minimum absolute atomic E-state index is 0.880. The first kappa shape index (κ1) is 19.8. The summed E-state index contributed by atoms with van der Waals surface area (Å²) >= 11 is 1.65. The van der Waals surface area contributed by atoms with E-state index in [9.17, 15) is 0 Å². The van der Waals surface area contributed by atoms with Crippen molar-refractivity contribution in [3.63, 3.8) is 0 Å². The highest BCUT2D eigenvalue weighted by atomic mass is 32.1. The second kappa shape index (κ2) is 8.51. The summed E-state index contributed by atoms with van der Waals surface area (Å²) in [5.41, 5.74) is 4.24. The quantitative estimate of drug-likeness (QED) is 0.349. The van der Waals surface area contributed by atoms with Gasteiger partial charge in [0.25, 0.3) is 0 Å². The lowest BCUT2D eigenvalue weighted by molar-refractivity contribution is 0.567. The Bertz CT molecular complexity index is 1290. The number of anilines is 1. The summed E-state index contributed by atoms with van der Waals surface area (Å²) in [5, 5.41) is 13.9. The van der Waals surface area contributed by atoms with Crippen LogP contribution in [0.4, 0.5) is 5.82 Å². The molecule has 158 valence electrons. The van der Waals surface area contributed by atoms with E-state index in [0.29, 0.717) is 0 Å². The number of aryl methyl sites for hydroxylation is 2. The van der Waals surface area contributed by atoms with E-state index in [1.807, 2.05) is 32.3 Å². The van der Waals surface area contributed by atoms with Crippen molar-refractivity contribution in [3.8, 4) is 5.69 Å². The number of hydrogen-bond donors (Lipinski definition) is 0. The van der Waals surface area contributed by atoms with Gasteiger partial charge in [0.1, 0.15) is 5.82 Å². The van der Waals surface area contributed by atoms with Crippen molar-refractivity contribution in [1.29, 1.82) is 0 Å². The molecular weight excluding hydrogens is 404 g/mol. The number of benzene rings is 2. The van der Waals surface area contributed by atoms with Gasteiger partial charge in [-0.2, -0.15) is 10.2 Å². The van der Waals surface area contributed by atoms with Crippen molar-refractivity contribution in [2.45, 2.75) is 26.2 Å². The van der Waals surface area contributed by atoms with Crippen LogP contribution >= 0.6 is 11.3 Å². The number of piperidine rings is 1. The van der Waals surface area contributed by atoms with E-state index < -0.39 is 0 Å². The maximum atomic E-state index is 4.87. The van der Waals surface area contributed by atoms with Crippen LogP contribution in [0.2, 0.25) is 0 Å². The molecule has 4 aromatic rings. The molecule has 1 aliphatic rings. The number of fused-ring (bicyclic) bond motifs is 1. The highest BCUT2D eigenvalue weighted by molar-refractivity contribution is 7.16. The van der Waals surface area contributed by atoms with Crippen LogP contribution in [0.25, 0.3) is 15.9 Å². The predicted octanol–water partition coefficient (Wildman–Crippen LogP) is 4.66. The Morgan fingerprint density at radius 3 is 2.48 bits per heavy atom. The molecule has 5 rings (SSSR count). The normalized spacial score (nSPS) is 15.4. The van der Waals surface area contributed by atoms with Crippen LogP contribution in [0.15, 0.2) is 64.8 Å². The van der Waals surface area contributed by atoms with Crippen LogP contribution < -0.4 is 9.70 Å². The second-order valence-electron chi connectivity index (χ2n) is 7.87. The summed E-state index contributed by atoms with van der Waals surface area (Å²) in [6.45, 7) is 4.14. The minimum atomic E-state index is 0.880. The lowest BCUT2D eigenvalue weighted by atomic mass is 10.1. The van der Waals surface area contributed by atoms with Crippen molar-refractivity contribution in [2.75, 3.05) is 18.0 Å². The largest absolute Gasteiger partial charge is 0.356 e. The fourth-order valence-corrected chi connectivity index (χ4v) is 5.13. The number of para-hydroxylation sites is 2. The van der Waals surface area contributed by atoms with E-state index in [0.717, 1.165) is 40.7 Å². The van der Waals surface area contributed by atoms with E-state index in [1.54, 1.807) is 11.3 Å². The topological polar surface area (TPSA) is 50.7 Å². The average molecular weight is 431 g/mol. The second-order valence-corrected chi connectivity index (χ2v) is 8.88. The van der Waals surface area contributed by atoms with Gasteiger partial charge in [-0.3, -0.25) is 0 Å². The number of aromatic nitrogens is 3. The molecule has 0 amide bonds. The summed E-state index contributed by atoms with van der Waals surface area (Å²) in [4.78, 5) is 3.32. The fourth-order valence-electron chi connectivity index (χ4n) is 4.15. The molecule has 0 radical (unpaired) electrons. The van der Waals surface area contributed by atoms with Crippen molar-refractivity contribution in [3.05, 3.63) is 70.7 Å². The molecule has 3 heterocycles. The van der Waals surface area contributed by atoms with Crippen LogP contribution in [0.3, 0.4) is 0 Å². The Morgan fingerprint density at radius 1 is 0.968 bits per heavy atom. The van der Waals surface area contributed by atoms with Crippen molar-refractivity contribution in [1.82, 2.24) is 14.3 Å². The van der Waals surface area contributed by atoms with E-state index in [-0.39, 0.29) is 0 Å². The smallest absolute Gasteiger partial charge is 0.211 e. The number of thiazole rings is 1. The van der Waals surface area contributed by atoms with E-state index in [2.05, 4.69) is 66.8 Å². The molecule has 6 nitrogen and oxygen atoms in total. The molecule has 31 heavy (non-hydrogen) atoms. The van der Waals surface area contributed by atoms with Gasteiger partial charge >= 0.3 is 0 Å². The zero-order valence-electron chi connectivity index (χ0n) is 17.9. The van der Waals surface area contributed by atoms with Crippen LogP contribution in [-0.4, -0.2) is 33.7 Å². The molecular formula is C24H26N6S. The van der Waals surface area contributed by atoms with Gasteiger partial charge in [0.05, 0.1) is 33.4 Å². The first-order chi connectivity index (χ1) is 15.2. The van der Waals surface area contributed by atoms with Crippen LogP contribution in [0.5, 0.6) is 0 Å². The van der Waals surface area contributed by atoms with Crippen LogP contribution in [-0.2, 0) is 7.05 Å². The molecule has 7 heteroatoms. The SMILES string of the molecule is Cc1nn(-c2ccccc2)c(N2CCCCC2)c1/C=N\N=c1\sc2ccccc2n1C. The standard InChI is InChI=1S/C24H26N6S/c1-18-20(17-25-26-24-28(2)21-13-7-8-14-22(21)31-24)23(29-15-9-4-10-16-29)30(27-18)19-11-5-3-6-12-19/h3,5-8,11-14,17H,4,9-10,15-16H2,1-2H3/b25-17-,26-24+. The van der Waals surface area contributed by atoms with Crippen molar-refractivity contribution < 1.29 is 0 Å². The maximum absolute atomic E-state index is 4.87. The van der Waals surface area contributed by atoms with Gasteiger partial charge in [0, 0.05) is 20.1 Å².